The first-order valence-electron chi connectivity index (χ1n) is 6.22. The van der Waals surface area contributed by atoms with Gasteiger partial charge in [0.15, 0.2) is 5.96 Å². The lowest BCUT2D eigenvalue weighted by atomic mass is 10.1. The van der Waals surface area contributed by atoms with Crippen LogP contribution in [0.2, 0.25) is 0 Å². The molecule has 0 aliphatic rings. The second-order valence-electron chi connectivity index (χ2n) is 4.57. The van der Waals surface area contributed by atoms with E-state index in [1.54, 1.807) is 11.8 Å². The van der Waals surface area contributed by atoms with Gasteiger partial charge < -0.3 is 20.7 Å². The van der Waals surface area contributed by atoms with E-state index < -0.39 is 0 Å². The molecular weight excluding hydrogens is 371 g/mol. The Hall–Kier alpha value is -0.870. The molecule has 1 heterocycles. The lowest BCUT2D eigenvalue weighted by Crippen LogP contribution is -2.35. The number of guanidine groups is 1. The number of hydrogen-bond acceptors (Lipinski definition) is 4. The number of aromatic nitrogens is 2. The lowest BCUT2D eigenvalue weighted by molar-refractivity contribution is 0.204. The van der Waals surface area contributed by atoms with Crippen LogP contribution in [0.5, 0.6) is 0 Å². The van der Waals surface area contributed by atoms with Crippen molar-refractivity contribution in [1.82, 2.24) is 20.0 Å². The van der Waals surface area contributed by atoms with Crippen molar-refractivity contribution in [2.45, 2.75) is 6.04 Å². The predicted octanol–water partition coefficient (Wildman–Crippen LogP) is 0.192. The van der Waals surface area contributed by atoms with Crippen LogP contribution in [0.4, 0.5) is 0 Å². The molecule has 1 aromatic rings. The van der Waals surface area contributed by atoms with E-state index in [-0.39, 0.29) is 30.0 Å². The standard InChI is InChI=1S/C12H24N6O.HI/c1-17(2)11(10-7-16-18(3)9-10)8-15-12(13)14-5-6-19-4;/h7,9,11H,5-6,8H2,1-4H3,(H3,13,14,15);1H. The minimum Gasteiger partial charge on any atom is -0.383 e. The monoisotopic (exact) mass is 396 g/mol. The zero-order chi connectivity index (χ0) is 14.3. The van der Waals surface area contributed by atoms with Gasteiger partial charge in [-0.05, 0) is 14.1 Å². The fourth-order valence-electron chi connectivity index (χ4n) is 1.70. The number of ether oxygens (including phenoxy) is 1. The van der Waals surface area contributed by atoms with Crippen LogP contribution in [0.25, 0.3) is 0 Å². The SMILES string of the molecule is COCCNC(N)=NCC(c1cnn(C)c1)N(C)C.I. The van der Waals surface area contributed by atoms with Crippen LogP contribution in [-0.2, 0) is 11.8 Å². The molecule has 0 saturated carbocycles. The zero-order valence-corrected chi connectivity index (χ0v) is 14.9. The van der Waals surface area contributed by atoms with Crippen LogP contribution < -0.4 is 11.1 Å². The van der Waals surface area contributed by atoms with Crippen LogP contribution >= 0.6 is 24.0 Å². The molecule has 7 nitrogen and oxygen atoms in total. The van der Waals surface area contributed by atoms with Crippen molar-refractivity contribution < 1.29 is 4.74 Å². The number of rotatable bonds is 7. The second kappa shape index (κ2) is 9.94. The number of likely N-dealkylation sites (N-methyl/N-ethyl adjacent to an activating group) is 1. The molecule has 0 bridgehead atoms. The molecule has 0 amide bonds. The minimum atomic E-state index is 0. The summed E-state index contributed by atoms with van der Waals surface area (Å²) >= 11 is 0. The largest absolute Gasteiger partial charge is 0.383 e. The molecule has 20 heavy (non-hydrogen) atoms. The Morgan fingerprint density at radius 3 is 2.80 bits per heavy atom. The summed E-state index contributed by atoms with van der Waals surface area (Å²) in [5, 5.41) is 7.18. The molecule has 0 aliphatic carbocycles. The number of nitrogens with one attached hydrogen (secondary N) is 1. The van der Waals surface area contributed by atoms with E-state index in [0.29, 0.717) is 25.7 Å². The van der Waals surface area contributed by atoms with E-state index in [4.69, 9.17) is 10.5 Å². The first-order valence-corrected chi connectivity index (χ1v) is 6.22. The van der Waals surface area contributed by atoms with Crippen molar-refractivity contribution >= 4 is 29.9 Å². The van der Waals surface area contributed by atoms with Gasteiger partial charge in [0, 0.05) is 32.5 Å². The number of hydrogen-bond donors (Lipinski definition) is 2. The summed E-state index contributed by atoms with van der Waals surface area (Å²) in [6.45, 7) is 1.85. The van der Waals surface area contributed by atoms with Crippen molar-refractivity contribution in [3.63, 3.8) is 0 Å². The van der Waals surface area contributed by atoms with Gasteiger partial charge in [0.2, 0.25) is 0 Å². The Morgan fingerprint density at radius 2 is 2.30 bits per heavy atom. The molecule has 8 heteroatoms. The van der Waals surface area contributed by atoms with Gasteiger partial charge in [-0.15, -0.1) is 24.0 Å². The molecule has 0 fully saturated rings. The number of aryl methyl sites for hydroxylation is 1. The first kappa shape index (κ1) is 19.1. The van der Waals surface area contributed by atoms with E-state index in [1.165, 1.54) is 0 Å². The number of aliphatic imine (C=N–C) groups is 1. The average molecular weight is 396 g/mol. The van der Waals surface area contributed by atoms with Crippen molar-refractivity contribution in [1.29, 1.82) is 0 Å². The minimum absolute atomic E-state index is 0. The van der Waals surface area contributed by atoms with E-state index in [9.17, 15) is 0 Å². The Bertz CT molecular complexity index is 406. The molecule has 0 aliphatic heterocycles. The first-order chi connectivity index (χ1) is 9.04. The normalized spacial score (nSPS) is 13.2. The fraction of sp³-hybridized carbons (Fsp3) is 0.667. The predicted molar refractivity (Wildman–Crippen MR) is 91.4 cm³/mol. The molecular formula is C12H25IN6O. The molecule has 3 N–H and O–H groups in total. The average Bonchev–Trinajstić information content (AvgIpc) is 2.76. The summed E-state index contributed by atoms with van der Waals surface area (Å²) in [5.74, 6) is 0.438. The highest BCUT2D eigenvalue weighted by Gasteiger charge is 2.15. The highest BCUT2D eigenvalue weighted by molar-refractivity contribution is 14.0. The Morgan fingerprint density at radius 1 is 1.60 bits per heavy atom. The van der Waals surface area contributed by atoms with Crippen molar-refractivity contribution in [3.8, 4) is 0 Å². The van der Waals surface area contributed by atoms with Gasteiger partial charge in [-0.3, -0.25) is 9.67 Å². The Kier molecular flexibility index (Phi) is 9.51. The molecule has 0 aromatic carbocycles. The molecule has 1 aromatic heterocycles. The van der Waals surface area contributed by atoms with Crippen LogP contribution in [0.3, 0.4) is 0 Å². The number of methoxy groups -OCH3 is 1. The molecule has 0 saturated heterocycles. The van der Waals surface area contributed by atoms with Gasteiger partial charge in [0.25, 0.3) is 0 Å². The van der Waals surface area contributed by atoms with Crippen molar-refractivity contribution in [2.75, 3.05) is 40.9 Å². The van der Waals surface area contributed by atoms with Gasteiger partial charge in [-0.25, -0.2) is 0 Å². The number of nitrogens with zero attached hydrogens (tertiary/aromatic N) is 4. The van der Waals surface area contributed by atoms with Crippen LogP contribution in [0.15, 0.2) is 17.4 Å². The van der Waals surface area contributed by atoms with Gasteiger partial charge in [0.1, 0.15) is 0 Å². The quantitative estimate of drug-likeness (QED) is 0.298. The van der Waals surface area contributed by atoms with E-state index >= 15 is 0 Å². The Balaban J connectivity index is 0.00000361. The fourth-order valence-corrected chi connectivity index (χ4v) is 1.70. The maximum Gasteiger partial charge on any atom is 0.188 e. The molecule has 0 spiro atoms. The van der Waals surface area contributed by atoms with Crippen molar-refractivity contribution in [2.24, 2.45) is 17.8 Å². The molecule has 1 rings (SSSR count). The topological polar surface area (TPSA) is 80.7 Å². The highest BCUT2D eigenvalue weighted by Crippen LogP contribution is 2.17. The van der Waals surface area contributed by atoms with Gasteiger partial charge in [-0.1, -0.05) is 0 Å². The summed E-state index contributed by atoms with van der Waals surface area (Å²) in [4.78, 5) is 6.45. The molecule has 0 radical (unpaired) electrons. The van der Waals surface area contributed by atoms with E-state index in [0.717, 1.165) is 5.56 Å². The summed E-state index contributed by atoms with van der Waals surface area (Å²) in [7, 11) is 7.59. The zero-order valence-electron chi connectivity index (χ0n) is 12.5. The third-order valence-corrected chi connectivity index (χ3v) is 2.78. The molecule has 1 atom stereocenters. The van der Waals surface area contributed by atoms with E-state index in [1.807, 2.05) is 33.5 Å². The van der Waals surface area contributed by atoms with Gasteiger partial charge in [0.05, 0.1) is 25.4 Å². The third-order valence-electron chi connectivity index (χ3n) is 2.78. The third kappa shape index (κ3) is 6.53. The smallest absolute Gasteiger partial charge is 0.188 e. The van der Waals surface area contributed by atoms with Gasteiger partial charge in [-0.2, -0.15) is 5.10 Å². The van der Waals surface area contributed by atoms with Crippen molar-refractivity contribution in [3.05, 3.63) is 18.0 Å². The van der Waals surface area contributed by atoms with Crippen LogP contribution in [-0.4, -0.2) is 61.5 Å². The lowest BCUT2D eigenvalue weighted by Gasteiger charge is -2.21. The van der Waals surface area contributed by atoms with E-state index in [2.05, 4.69) is 20.3 Å². The number of halogens is 1. The summed E-state index contributed by atoms with van der Waals surface area (Å²) in [6, 6.07) is 0.163. The van der Waals surface area contributed by atoms with Crippen LogP contribution in [0, 0.1) is 0 Å². The van der Waals surface area contributed by atoms with Crippen LogP contribution in [0.1, 0.15) is 11.6 Å². The molecule has 1 unspecified atom stereocenters. The van der Waals surface area contributed by atoms with Gasteiger partial charge >= 0.3 is 0 Å². The number of nitrogens with two attached hydrogens (primary N) is 1. The highest BCUT2D eigenvalue weighted by atomic mass is 127. The summed E-state index contributed by atoms with van der Waals surface area (Å²) < 4.78 is 6.72. The Labute approximate surface area is 137 Å². The maximum absolute atomic E-state index is 5.79. The maximum atomic E-state index is 5.79. The second-order valence-corrected chi connectivity index (χ2v) is 4.57. The summed E-state index contributed by atoms with van der Waals surface area (Å²) in [6.07, 6.45) is 3.85. The summed E-state index contributed by atoms with van der Waals surface area (Å²) in [5.41, 5.74) is 6.92. The molecule has 116 valence electrons.